The van der Waals surface area contributed by atoms with Crippen molar-refractivity contribution >= 4 is 18.2 Å². The summed E-state index contributed by atoms with van der Waals surface area (Å²) < 4.78 is 5.58. The van der Waals surface area contributed by atoms with Gasteiger partial charge in [-0.2, -0.15) is 0 Å². The second kappa shape index (κ2) is 9.13. The smallest absolute Gasteiger partial charge is 0.159 e. The van der Waals surface area contributed by atoms with Crippen LogP contribution in [0.3, 0.4) is 0 Å². The topological polar surface area (TPSA) is 49.8 Å². The van der Waals surface area contributed by atoms with E-state index in [2.05, 4.69) is 11.8 Å². The van der Waals surface area contributed by atoms with Crippen LogP contribution in [-0.2, 0) is 0 Å². The predicted octanol–water partition coefficient (Wildman–Crippen LogP) is 2.78. The Morgan fingerprint density at radius 3 is 2.68 bits per heavy atom. The second-order valence-electron chi connectivity index (χ2n) is 6.05. The molecular formula is C17H26ClNO3. The van der Waals surface area contributed by atoms with E-state index in [1.807, 2.05) is 0 Å². The molecule has 1 heterocycles. The Balaban J connectivity index is 0.00000242. The van der Waals surface area contributed by atoms with E-state index in [1.165, 1.54) is 12.8 Å². The number of hydrogen-bond donors (Lipinski definition) is 1. The monoisotopic (exact) mass is 327 g/mol. The van der Waals surface area contributed by atoms with Gasteiger partial charge in [-0.15, -0.1) is 12.4 Å². The SMILES string of the molecule is CC(=O)c1ccc(OCC(O)CN2CCCC(C)C2)cc1.Cl. The molecule has 1 aromatic rings. The summed E-state index contributed by atoms with van der Waals surface area (Å²) >= 11 is 0. The largest absolute Gasteiger partial charge is 0.491 e. The first-order valence-electron chi connectivity index (χ1n) is 7.69. The number of halogens is 1. The van der Waals surface area contributed by atoms with Gasteiger partial charge in [0.1, 0.15) is 18.5 Å². The van der Waals surface area contributed by atoms with Crippen LogP contribution in [0.5, 0.6) is 5.75 Å². The van der Waals surface area contributed by atoms with E-state index in [9.17, 15) is 9.90 Å². The number of benzene rings is 1. The Kier molecular flexibility index (Phi) is 7.87. The third kappa shape index (κ3) is 5.95. The molecule has 0 aliphatic carbocycles. The number of likely N-dealkylation sites (tertiary alicyclic amines) is 1. The molecule has 0 amide bonds. The minimum absolute atomic E-state index is 0. The van der Waals surface area contributed by atoms with E-state index in [1.54, 1.807) is 31.2 Å². The molecule has 0 bridgehead atoms. The number of β-amino-alcohol motifs (C(OH)–C–C–N with tert-alkyl or cyclic N) is 1. The van der Waals surface area contributed by atoms with Gasteiger partial charge in [-0.3, -0.25) is 4.79 Å². The van der Waals surface area contributed by atoms with Crippen LogP contribution in [0, 0.1) is 5.92 Å². The van der Waals surface area contributed by atoms with Crippen molar-refractivity contribution in [1.29, 1.82) is 0 Å². The number of ketones is 1. The highest BCUT2D eigenvalue weighted by Crippen LogP contribution is 2.16. The van der Waals surface area contributed by atoms with Crippen LogP contribution in [-0.4, -0.2) is 48.1 Å². The van der Waals surface area contributed by atoms with E-state index in [-0.39, 0.29) is 24.8 Å². The summed E-state index contributed by atoms with van der Waals surface area (Å²) in [6, 6.07) is 7.03. The number of aliphatic hydroxyl groups excluding tert-OH is 1. The number of nitrogens with zero attached hydrogens (tertiary/aromatic N) is 1. The summed E-state index contributed by atoms with van der Waals surface area (Å²) in [7, 11) is 0. The molecule has 22 heavy (non-hydrogen) atoms. The van der Waals surface area contributed by atoms with Crippen molar-refractivity contribution in [1.82, 2.24) is 4.90 Å². The molecule has 5 heteroatoms. The Morgan fingerprint density at radius 2 is 2.09 bits per heavy atom. The lowest BCUT2D eigenvalue weighted by Gasteiger charge is -2.32. The molecule has 1 saturated heterocycles. The molecule has 1 aromatic carbocycles. The number of carbonyl (C=O) groups is 1. The molecule has 2 unspecified atom stereocenters. The van der Waals surface area contributed by atoms with E-state index < -0.39 is 6.10 Å². The van der Waals surface area contributed by atoms with Gasteiger partial charge >= 0.3 is 0 Å². The van der Waals surface area contributed by atoms with E-state index in [4.69, 9.17) is 4.74 Å². The maximum Gasteiger partial charge on any atom is 0.159 e. The molecule has 124 valence electrons. The highest BCUT2D eigenvalue weighted by Gasteiger charge is 2.19. The summed E-state index contributed by atoms with van der Waals surface area (Å²) in [6.07, 6.45) is 2.01. The molecular weight excluding hydrogens is 302 g/mol. The van der Waals surface area contributed by atoms with Gasteiger partial charge in [0.25, 0.3) is 0 Å². The first-order valence-corrected chi connectivity index (χ1v) is 7.69. The number of ether oxygens (including phenoxy) is 1. The third-order valence-corrected chi connectivity index (χ3v) is 3.91. The quantitative estimate of drug-likeness (QED) is 0.816. The summed E-state index contributed by atoms with van der Waals surface area (Å²) in [5.74, 6) is 1.44. The van der Waals surface area contributed by atoms with Crippen molar-refractivity contribution in [2.45, 2.75) is 32.8 Å². The second-order valence-corrected chi connectivity index (χ2v) is 6.05. The zero-order valence-electron chi connectivity index (χ0n) is 13.3. The lowest BCUT2D eigenvalue weighted by molar-refractivity contribution is 0.0537. The van der Waals surface area contributed by atoms with Gasteiger partial charge < -0.3 is 14.7 Å². The molecule has 0 saturated carbocycles. The minimum Gasteiger partial charge on any atom is -0.491 e. The van der Waals surface area contributed by atoms with Crippen molar-refractivity contribution in [3.63, 3.8) is 0 Å². The summed E-state index contributed by atoms with van der Waals surface area (Å²) in [4.78, 5) is 13.5. The van der Waals surface area contributed by atoms with Gasteiger partial charge in [-0.25, -0.2) is 0 Å². The van der Waals surface area contributed by atoms with Gasteiger partial charge in [0.2, 0.25) is 0 Å². The Hall–Kier alpha value is -1.10. The highest BCUT2D eigenvalue weighted by atomic mass is 35.5. The summed E-state index contributed by atoms with van der Waals surface area (Å²) in [5, 5.41) is 10.1. The molecule has 0 spiro atoms. The number of rotatable bonds is 6. The van der Waals surface area contributed by atoms with Crippen molar-refractivity contribution in [3.05, 3.63) is 29.8 Å². The Bertz CT molecular complexity index is 463. The first kappa shape index (κ1) is 18.9. The highest BCUT2D eigenvalue weighted by molar-refractivity contribution is 5.94. The van der Waals surface area contributed by atoms with Gasteiger partial charge in [-0.05, 0) is 56.5 Å². The van der Waals surface area contributed by atoms with Gasteiger partial charge in [0.15, 0.2) is 5.78 Å². The van der Waals surface area contributed by atoms with Crippen molar-refractivity contribution in [2.75, 3.05) is 26.2 Å². The van der Waals surface area contributed by atoms with Crippen LogP contribution >= 0.6 is 12.4 Å². The lowest BCUT2D eigenvalue weighted by Crippen LogP contribution is -2.41. The summed E-state index contributed by atoms with van der Waals surface area (Å²) in [6.45, 7) is 6.87. The predicted molar refractivity (Wildman–Crippen MR) is 90.0 cm³/mol. The van der Waals surface area contributed by atoms with E-state index in [0.717, 1.165) is 13.1 Å². The van der Waals surface area contributed by atoms with Crippen molar-refractivity contribution in [2.24, 2.45) is 5.92 Å². The van der Waals surface area contributed by atoms with Crippen LogP contribution in [0.4, 0.5) is 0 Å². The minimum atomic E-state index is -0.484. The maximum absolute atomic E-state index is 11.2. The van der Waals surface area contributed by atoms with Crippen LogP contribution in [0.2, 0.25) is 0 Å². The van der Waals surface area contributed by atoms with Crippen LogP contribution < -0.4 is 4.74 Å². The number of Topliss-reactive ketones (excluding diaryl/α,β-unsaturated/α-hetero) is 1. The molecule has 4 nitrogen and oxygen atoms in total. The van der Waals surface area contributed by atoms with Gasteiger partial charge in [0, 0.05) is 18.7 Å². The zero-order chi connectivity index (χ0) is 15.2. The standard InChI is InChI=1S/C17H25NO3.ClH/c1-13-4-3-9-18(10-13)11-16(20)12-21-17-7-5-15(6-8-17)14(2)19;/h5-8,13,16,20H,3-4,9-12H2,1-2H3;1H. The van der Waals surface area contributed by atoms with Gasteiger partial charge in [-0.1, -0.05) is 6.92 Å². The molecule has 1 N–H and O–H groups in total. The van der Waals surface area contributed by atoms with Crippen molar-refractivity contribution < 1.29 is 14.6 Å². The number of hydrogen-bond acceptors (Lipinski definition) is 4. The van der Waals surface area contributed by atoms with Crippen LogP contribution in [0.25, 0.3) is 0 Å². The average molecular weight is 328 g/mol. The number of aliphatic hydroxyl groups is 1. The van der Waals surface area contributed by atoms with Crippen LogP contribution in [0.15, 0.2) is 24.3 Å². The molecule has 1 aliphatic heterocycles. The molecule has 0 radical (unpaired) electrons. The molecule has 2 rings (SSSR count). The Labute approximate surface area is 138 Å². The number of piperidine rings is 1. The normalized spacial score (nSPS) is 20.0. The van der Waals surface area contributed by atoms with E-state index >= 15 is 0 Å². The molecule has 1 fully saturated rings. The third-order valence-electron chi connectivity index (χ3n) is 3.91. The summed E-state index contributed by atoms with van der Waals surface area (Å²) in [5.41, 5.74) is 0.671. The fraction of sp³-hybridized carbons (Fsp3) is 0.588. The Morgan fingerprint density at radius 1 is 1.41 bits per heavy atom. The first-order chi connectivity index (χ1) is 10.0. The average Bonchev–Trinajstić information content (AvgIpc) is 2.45. The van der Waals surface area contributed by atoms with Crippen molar-refractivity contribution in [3.8, 4) is 5.75 Å². The zero-order valence-corrected chi connectivity index (χ0v) is 14.1. The van der Waals surface area contributed by atoms with E-state index in [0.29, 0.717) is 23.8 Å². The van der Waals surface area contributed by atoms with Crippen LogP contribution in [0.1, 0.15) is 37.0 Å². The fourth-order valence-electron chi connectivity index (χ4n) is 2.78. The lowest BCUT2D eigenvalue weighted by atomic mass is 10.0. The molecule has 1 aliphatic rings. The number of carbonyl (C=O) groups excluding carboxylic acids is 1. The van der Waals surface area contributed by atoms with Gasteiger partial charge in [0.05, 0.1) is 0 Å². The molecule has 0 aromatic heterocycles. The maximum atomic E-state index is 11.2. The molecule has 2 atom stereocenters. The fourth-order valence-corrected chi connectivity index (χ4v) is 2.78.